The summed E-state index contributed by atoms with van der Waals surface area (Å²) in [5.74, 6) is -2.55. The van der Waals surface area contributed by atoms with E-state index in [9.17, 15) is 22.4 Å². The van der Waals surface area contributed by atoms with E-state index in [-0.39, 0.29) is 40.3 Å². The molecule has 0 amide bonds. The van der Waals surface area contributed by atoms with E-state index in [1.165, 1.54) is 35.3 Å². The van der Waals surface area contributed by atoms with E-state index in [0.29, 0.717) is 19.3 Å². The predicted molar refractivity (Wildman–Crippen MR) is 100.0 cm³/mol. The van der Waals surface area contributed by atoms with Crippen LogP contribution in [0.2, 0.25) is 5.02 Å². The predicted octanol–water partition coefficient (Wildman–Crippen LogP) is 4.80. The van der Waals surface area contributed by atoms with Crippen LogP contribution in [0.3, 0.4) is 0 Å². The highest BCUT2D eigenvalue weighted by molar-refractivity contribution is 6.30. The molecule has 0 aliphatic carbocycles. The fraction of sp³-hybridized carbons (Fsp3) is 0.316. The number of benzene rings is 1. The fourth-order valence-corrected chi connectivity index (χ4v) is 3.00. The molecule has 0 aliphatic rings. The van der Waals surface area contributed by atoms with Crippen LogP contribution in [0, 0.1) is 11.6 Å². The minimum absolute atomic E-state index is 0.0529. The second-order valence-corrected chi connectivity index (χ2v) is 6.68. The fourth-order valence-electron chi connectivity index (χ4n) is 2.90. The highest BCUT2D eigenvalue weighted by Crippen LogP contribution is 2.27. The van der Waals surface area contributed by atoms with Crippen molar-refractivity contribution in [3.05, 3.63) is 57.7 Å². The van der Waals surface area contributed by atoms with Gasteiger partial charge < -0.3 is 9.30 Å². The van der Waals surface area contributed by atoms with Gasteiger partial charge in [0.25, 0.3) is 5.56 Å². The number of rotatable bonds is 8. The van der Waals surface area contributed by atoms with E-state index in [1.807, 2.05) is 0 Å². The van der Waals surface area contributed by atoms with Gasteiger partial charge in [-0.25, -0.2) is 18.7 Å². The van der Waals surface area contributed by atoms with E-state index in [4.69, 9.17) is 11.6 Å². The van der Waals surface area contributed by atoms with Crippen molar-refractivity contribution in [3.8, 4) is 11.4 Å². The third-order valence-electron chi connectivity index (χ3n) is 4.29. The van der Waals surface area contributed by atoms with Gasteiger partial charge >= 0.3 is 6.61 Å². The maximum absolute atomic E-state index is 14.7. The summed E-state index contributed by atoms with van der Waals surface area (Å²) in [6.07, 6.45) is 5.44. The van der Waals surface area contributed by atoms with Gasteiger partial charge in [-0.2, -0.15) is 8.78 Å². The van der Waals surface area contributed by atoms with Crippen LogP contribution in [0.5, 0.6) is 0 Å². The van der Waals surface area contributed by atoms with Gasteiger partial charge in [-0.05, 0) is 36.8 Å². The molecule has 10 heteroatoms. The molecule has 0 saturated heterocycles. The average molecular weight is 430 g/mol. The summed E-state index contributed by atoms with van der Waals surface area (Å²) in [6, 6.07) is 2.81. The maximum Gasteiger partial charge on any atom is 0.345 e. The van der Waals surface area contributed by atoms with Gasteiger partial charge in [0.05, 0.1) is 22.6 Å². The molecular formula is C19H16ClF4N3O2. The first-order valence-electron chi connectivity index (χ1n) is 8.77. The van der Waals surface area contributed by atoms with E-state index in [1.54, 1.807) is 0 Å². The Bertz CT molecular complexity index is 1060. The van der Waals surface area contributed by atoms with Crippen molar-refractivity contribution in [1.29, 1.82) is 0 Å². The van der Waals surface area contributed by atoms with Crippen LogP contribution in [0.4, 0.5) is 17.6 Å². The standard InChI is InChI=1S/C19H16ClF4N3O2/c20-12-9-25-17(26-10-12)13-8-11-4-6-27(5-2-1-3-7-29-19(23)24)18(28)14(11)16(22)15(13)21/h4,6,8-10,19H,1-3,5,7H2. The topological polar surface area (TPSA) is 57.0 Å². The Hall–Kier alpha value is -2.52. The van der Waals surface area contributed by atoms with Crippen molar-refractivity contribution in [2.24, 2.45) is 0 Å². The van der Waals surface area contributed by atoms with Crippen molar-refractivity contribution >= 4 is 22.4 Å². The molecule has 0 spiro atoms. The molecule has 3 rings (SSSR count). The lowest BCUT2D eigenvalue weighted by Gasteiger charge is -2.10. The molecule has 0 fully saturated rings. The first-order chi connectivity index (χ1) is 13.9. The molecule has 29 heavy (non-hydrogen) atoms. The molecule has 0 aliphatic heterocycles. The Kier molecular flexibility index (Phi) is 6.81. The van der Waals surface area contributed by atoms with Gasteiger partial charge in [0.15, 0.2) is 17.5 Å². The minimum atomic E-state index is -2.81. The van der Waals surface area contributed by atoms with Gasteiger partial charge in [-0.3, -0.25) is 4.79 Å². The highest BCUT2D eigenvalue weighted by atomic mass is 35.5. The lowest BCUT2D eigenvalue weighted by atomic mass is 10.1. The van der Waals surface area contributed by atoms with Crippen molar-refractivity contribution in [1.82, 2.24) is 14.5 Å². The van der Waals surface area contributed by atoms with Crippen LogP contribution < -0.4 is 5.56 Å². The summed E-state index contributed by atoms with van der Waals surface area (Å²) >= 11 is 5.71. The Morgan fingerprint density at radius 1 is 1.10 bits per heavy atom. The molecule has 2 heterocycles. The number of alkyl halides is 2. The van der Waals surface area contributed by atoms with Gasteiger partial charge in [0.2, 0.25) is 0 Å². The SMILES string of the molecule is O=c1c2c(F)c(F)c(-c3ncc(Cl)cn3)cc2ccn1CCCCCOC(F)F. The number of hydrogen-bond donors (Lipinski definition) is 0. The van der Waals surface area contributed by atoms with Crippen molar-refractivity contribution in [2.75, 3.05) is 6.61 Å². The smallest absolute Gasteiger partial charge is 0.323 e. The van der Waals surface area contributed by atoms with Crippen LogP contribution in [0.15, 0.2) is 35.5 Å². The zero-order valence-corrected chi connectivity index (χ0v) is 15.8. The summed E-state index contributed by atoms with van der Waals surface area (Å²) < 4.78 is 58.4. The normalized spacial score (nSPS) is 11.5. The molecule has 154 valence electrons. The molecule has 1 aromatic carbocycles. The number of nitrogens with zero attached hydrogens (tertiary/aromatic N) is 3. The van der Waals surface area contributed by atoms with Gasteiger partial charge in [0.1, 0.15) is 0 Å². The third kappa shape index (κ3) is 4.91. The summed E-state index contributed by atoms with van der Waals surface area (Å²) in [4.78, 5) is 20.4. The molecule has 3 aromatic rings. The summed E-state index contributed by atoms with van der Waals surface area (Å²) in [5.41, 5.74) is -0.853. The van der Waals surface area contributed by atoms with Crippen LogP contribution in [0.25, 0.3) is 22.2 Å². The van der Waals surface area contributed by atoms with Gasteiger partial charge in [-0.15, -0.1) is 0 Å². The number of fused-ring (bicyclic) bond motifs is 1. The molecule has 5 nitrogen and oxygen atoms in total. The molecule has 2 aromatic heterocycles. The van der Waals surface area contributed by atoms with Gasteiger partial charge in [0, 0.05) is 25.1 Å². The second kappa shape index (κ2) is 9.32. The lowest BCUT2D eigenvalue weighted by molar-refractivity contribution is -0.129. The van der Waals surface area contributed by atoms with E-state index in [2.05, 4.69) is 14.7 Å². The van der Waals surface area contributed by atoms with Gasteiger partial charge in [-0.1, -0.05) is 11.6 Å². The molecule has 0 atom stereocenters. The molecule has 0 radical (unpaired) electrons. The monoisotopic (exact) mass is 429 g/mol. The van der Waals surface area contributed by atoms with E-state index >= 15 is 0 Å². The molecular weight excluding hydrogens is 414 g/mol. The first kappa shape index (κ1) is 21.2. The summed E-state index contributed by atoms with van der Waals surface area (Å²) in [5, 5.41) is 0.0897. The Balaban J connectivity index is 1.83. The zero-order valence-electron chi connectivity index (χ0n) is 15.0. The Morgan fingerprint density at radius 3 is 2.52 bits per heavy atom. The number of aromatic nitrogens is 3. The molecule has 0 unspecified atom stereocenters. The summed E-state index contributed by atoms with van der Waals surface area (Å²) in [6.45, 7) is -2.65. The van der Waals surface area contributed by atoms with Crippen molar-refractivity contribution < 1.29 is 22.3 Å². The largest absolute Gasteiger partial charge is 0.345 e. The van der Waals surface area contributed by atoms with Crippen LogP contribution >= 0.6 is 11.6 Å². The maximum atomic E-state index is 14.7. The number of ether oxygens (including phenoxy) is 1. The zero-order chi connectivity index (χ0) is 21.0. The molecule has 0 saturated carbocycles. The van der Waals surface area contributed by atoms with Crippen LogP contribution in [-0.2, 0) is 11.3 Å². The van der Waals surface area contributed by atoms with E-state index < -0.39 is 23.8 Å². The summed E-state index contributed by atoms with van der Waals surface area (Å²) in [7, 11) is 0. The van der Waals surface area contributed by atoms with Crippen molar-refractivity contribution in [2.45, 2.75) is 32.4 Å². The number of halogens is 5. The van der Waals surface area contributed by atoms with Crippen molar-refractivity contribution in [3.63, 3.8) is 0 Å². The molecule has 0 bridgehead atoms. The Morgan fingerprint density at radius 2 is 1.83 bits per heavy atom. The highest BCUT2D eigenvalue weighted by Gasteiger charge is 2.19. The lowest BCUT2D eigenvalue weighted by Crippen LogP contribution is -2.21. The number of pyridine rings is 1. The minimum Gasteiger partial charge on any atom is -0.323 e. The number of aryl methyl sites for hydroxylation is 1. The van der Waals surface area contributed by atoms with Crippen LogP contribution in [-0.4, -0.2) is 27.8 Å². The Labute approximate surface area is 167 Å². The average Bonchev–Trinajstić information content (AvgIpc) is 2.69. The van der Waals surface area contributed by atoms with E-state index in [0.717, 1.165) is 0 Å². The quantitative estimate of drug-likeness (QED) is 0.381. The molecule has 0 N–H and O–H groups in total. The third-order valence-corrected chi connectivity index (χ3v) is 4.49. The second-order valence-electron chi connectivity index (χ2n) is 6.25. The number of unbranched alkanes of at least 4 members (excludes halogenated alkanes) is 2. The van der Waals surface area contributed by atoms with Crippen LogP contribution in [0.1, 0.15) is 19.3 Å². The number of hydrogen-bond acceptors (Lipinski definition) is 4. The first-order valence-corrected chi connectivity index (χ1v) is 9.15.